The molecule has 0 fully saturated rings. The summed E-state index contributed by atoms with van der Waals surface area (Å²) in [6, 6.07) is 6.66. The number of aryl methyl sites for hydroxylation is 2. The lowest BCUT2D eigenvalue weighted by molar-refractivity contribution is -0.121. The van der Waals surface area contributed by atoms with E-state index in [4.69, 9.17) is 0 Å². The average Bonchev–Trinajstić information content (AvgIpc) is 2.33. The van der Waals surface area contributed by atoms with Crippen LogP contribution in [0.3, 0.4) is 0 Å². The first-order valence-electron chi connectivity index (χ1n) is 7.03. The molecule has 0 aromatic heterocycles. The number of amides is 1. The van der Waals surface area contributed by atoms with Gasteiger partial charge in [-0.15, -0.1) is 12.4 Å². The molecule has 1 aromatic rings. The standard InChI is InChI=1S/C16H26N2O.ClH/c1-12-7-8-15(13(2)10-12)11-14(3)18-16(19)6-5-9-17-4;/h7-8,10,14,17H,5-6,9,11H2,1-4H3,(H,18,19);1H. The van der Waals surface area contributed by atoms with Crippen molar-refractivity contribution in [3.63, 3.8) is 0 Å². The molecule has 1 amide bonds. The van der Waals surface area contributed by atoms with E-state index in [1.54, 1.807) is 0 Å². The van der Waals surface area contributed by atoms with Crippen molar-refractivity contribution in [1.29, 1.82) is 0 Å². The summed E-state index contributed by atoms with van der Waals surface area (Å²) in [4.78, 5) is 11.7. The highest BCUT2D eigenvalue weighted by Crippen LogP contribution is 2.12. The fraction of sp³-hybridized carbons (Fsp3) is 0.562. The van der Waals surface area contributed by atoms with Crippen LogP contribution in [0.25, 0.3) is 0 Å². The summed E-state index contributed by atoms with van der Waals surface area (Å²) in [7, 11) is 1.90. The van der Waals surface area contributed by atoms with Crippen molar-refractivity contribution >= 4 is 18.3 Å². The highest BCUT2D eigenvalue weighted by atomic mass is 35.5. The van der Waals surface area contributed by atoms with Crippen LogP contribution in [0.5, 0.6) is 0 Å². The number of halogens is 1. The van der Waals surface area contributed by atoms with Crippen LogP contribution in [-0.2, 0) is 11.2 Å². The number of rotatable bonds is 7. The number of nitrogens with one attached hydrogen (secondary N) is 2. The molecular weight excluding hydrogens is 272 g/mol. The molecule has 114 valence electrons. The predicted molar refractivity (Wildman–Crippen MR) is 87.6 cm³/mol. The van der Waals surface area contributed by atoms with Crippen LogP contribution >= 0.6 is 12.4 Å². The Labute approximate surface area is 128 Å². The van der Waals surface area contributed by atoms with Gasteiger partial charge in [0.05, 0.1) is 0 Å². The van der Waals surface area contributed by atoms with Crippen molar-refractivity contribution in [2.24, 2.45) is 0 Å². The molecule has 0 aliphatic carbocycles. The number of hydrogen-bond acceptors (Lipinski definition) is 2. The molecule has 1 rings (SSSR count). The van der Waals surface area contributed by atoms with Gasteiger partial charge in [-0.25, -0.2) is 0 Å². The van der Waals surface area contributed by atoms with E-state index in [1.807, 2.05) is 7.05 Å². The van der Waals surface area contributed by atoms with E-state index >= 15 is 0 Å². The fourth-order valence-electron chi connectivity index (χ4n) is 2.23. The Bertz CT molecular complexity index is 421. The van der Waals surface area contributed by atoms with Crippen molar-refractivity contribution in [1.82, 2.24) is 10.6 Å². The second kappa shape index (κ2) is 9.78. The fourth-order valence-corrected chi connectivity index (χ4v) is 2.23. The maximum atomic E-state index is 11.7. The Morgan fingerprint density at radius 2 is 2.00 bits per heavy atom. The maximum Gasteiger partial charge on any atom is 0.220 e. The van der Waals surface area contributed by atoms with Gasteiger partial charge in [0.25, 0.3) is 0 Å². The molecule has 0 aliphatic rings. The van der Waals surface area contributed by atoms with Gasteiger partial charge in [-0.2, -0.15) is 0 Å². The first-order chi connectivity index (χ1) is 9.02. The first-order valence-corrected chi connectivity index (χ1v) is 7.03. The molecule has 1 atom stereocenters. The third-order valence-electron chi connectivity index (χ3n) is 3.26. The topological polar surface area (TPSA) is 41.1 Å². The molecule has 0 aliphatic heterocycles. The van der Waals surface area contributed by atoms with Gasteiger partial charge in [0, 0.05) is 12.5 Å². The van der Waals surface area contributed by atoms with Crippen LogP contribution in [0.15, 0.2) is 18.2 Å². The minimum Gasteiger partial charge on any atom is -0.353 e. The molecule has 0 radical (unpaired) electrons. The Hall–Kier alpha value is -1.06. The summed E-state index contributed by atoms with van der Waals surface area (Å²) < 4.78 is 0. The molecule has 3 nitrogen and oxygen atoms in total. The summed E-state index contributed by atoms with van der Waals surface area (Å²) in [5.41, 5.74) is 3.90. The molecule has 1 unspecified atom stereocenters. The van der Waals surface area contributed by atoms with E-state index < -0.39 is 0 Å². The zero-order valence-electron chi connectivity index (χ0n) is 13.0. The van der Waals surface area contributed by atoms with Gasteiger partial charge in [0.1, 0.15) is 0 Å². The second-order valence-electron chi connectivity index (χ2n) is 5.31. The predicted octanol–water partition coefficient (Wildman–Crippen LogP) is 2.77. The van der Waals surface area contributed by atoms with Crippen LogP contribution in [0.4, 0.5) is 0 Å². The maximum absolute atomic E-state index is 11.7. The lowest BCUT2D eigenvalue weighted by atomic mass is 10.00. The van der Waals surface area contributed by atoms with E-state index in [0.717, 1.165) is 19.4 Å². The zero-order chi connectivity index (χ0) is 14.3. The van der Waals surface area contributed by atoms with E-state index in [2.05, 4.69) is 49.6 Å². The van der Waals surface area contributed by atoms with Crippen LogP contribution in [0, 0.1) is 13.8 Å². The van der Waals surface area contributed by atoms with Gasteiger partial charge in [-0.1, -0.05) is 23.8 Å². The van der Waals surface area contributed by atoms with Crippen LogP contribution < -0.4 is 10.6 Å². The third-order valence-corrected chi connectivity index (χ3v) is 3.26. The molecule has 1 aromatic carbocycles. The van der Waals surface area contributed by atoms with Crippen molar-refractivity contribution in [3.05, 3.63) is 34.9 Å². The Kier molecular flexibility index (Phi) is 9.26. The highest BCUT2D eigenvalue weighted by molar-refractivity contribution is 5.85. The molecule has 4 heteroatoms. The van der Waals surface area contributed by atoms with E-state index in [-0.39, 0.29) is 24.4 Å². The minimum absolute atomic E-state index is 0. The first kappa shape index (κ1) is 18.9. The molecule has 0 saturated heterocycles. The van der Waals surface area contributed by atoms with Gasteiger partial charge in [0.2, 0.25) is 5.91 Å². The SMILES string of the molecule is CNCCCC(=O)NC(C)Cc1ccc(C)cc1C.Cl. The van der Waals surface area contributed by atoms with Crippen molar-refractivity contribution in [2.75, 3.05) is 13.6 Å². The van der Waals surface area contributed by atoms with Gasteiger partial charge >= 0.3 is 0 Å². The number of benzene rings is 1. The highest BCUT2D eigenvalue weighted by Gasteiger charge is 2.09. The number of carbonyl (C=O) groups is 1. The lowest BCUT2D eigenvalue weighted by Gasteiger charge is -2.15. The largest absolute Gasteiger partial charge is 0.353 e. The summed E-state index contributed by atoms with van der Waals surface area (Å²) in [6.07, 6.45) is 2.38. The van der Waals surface area contributed by atoms with Gasteiger partial charge in [0.15, 0.2) is 0 Å². The van der Waals surface area contributed by atoms with Crippen molar-refractivity contribution < 1.29 is 4.79 Å². The summed E-state index contributed by atoms with van der Waals surface area (Å²) >= 11 is 0. The monoisotopic (exact) mass is 298 g/mol. The number of hydrogen-bond donors (Lipinski definition) is 2. The molecule has 0 bridgehead atoms. The molecule has 0 saturated carbocycles. The second-order valence-corrected chi connectivity index (χ2v) is 5.31. The molecule has 0 spiro atoms. The normalized spacial score (nSPS) is 11.6. The van der Waals surface area contributed by atoms with Crippen LogP contribution in [0.2, 0.25) is 0 Å². The molecule has 0 heterocycles. The van der Waals surface area contributed by atoms with Crippen molar-refractivity contribution in [3.8, 4) is 0 Å². The smallest absolute Gasteiger partial charge is 0.220 e. The zero-order valence-corrected chi connectivity index (χ0v) is 13.8. The van der Waals surface area contributed by atoms with Gasteiger partial charge in [-0.3, -0.25) is 4.79 Å². The third kappa shape index (κ3) is 6.92. The number of carbonyl (C=O) groups excluding carboxylic acids is 1. The van der Waals surface area contributed by atoms with Gasteiger partial charge in [-0.05, 0) is 58.3 Å². The van der Waals surface area contributed by atoms with E-state index in [9.17, 15) is 4.79 Å². The van der Waals surface area contributed by atoms with Crippen molar-refractivity contribution in [2.45, 2.75) is 46.1 Å². The summed E-state index contributed by atoms with van der Waals surface area (Å²) in [6.45, 7) is 7.18. The molecule has 20 heavy (non-hydrogen) atoms. The minimum atomic E-state index is 0. The van der Waals surface area contributed by atoms with Crippen LogP contribution in [-0.4, -0.2) is 25.5 Å². The molecule has 2 N–H and O–H groups in total. The van der Waals surface area contributed by atoms with Crippen LogP contribution in [0.1, 0.15) is 36.5 Å². The van der Waals surface area contributed by atoms with Gasteiger partial charge < -0.3 is 10.6 Å². The Morgan fingerprint density at radius 3 is 2.60 bits per heavy atom. The summed E-state index contributed by atoms with van der Waals surface area (Å²) in [5, 5.41) is 6.11. The Balaban J connectivity index is 0.00000361. The average molecular weight is 299 g/mol. The quantitative estimate of drug-likeness (QED) is 0.760. The summed E-state index contributed by atoms with van der Waals surface area (Å²) in [5.74, 6) is 0.146. The van der Waals surface area contributed by atoms with E-state index in [0.29, 0.717) is 6.42 Å². The molecular formula is C16H27ClN2O. The Morgan fingerprint density at radius 1 is 1.30 bits per heavy atom. The van der Waals surface area contributed by atoms with E-state index in [1.165, 1.54) is 16.7 Å². The lowest BCUT2D eigenvalue weighted by Crippen LogP contribution is -2.34.